The third-order valence-electron chi connectivity index (χ3n) is 9.92. The molecule has 0 aromatic rings. The Kier molecular flexibility index (Phi) is 40.4. The fourth-order valence-electron chi connectivity index (χ4n) is 6.28. The van der Waals surface area contributed by atoms with Gasteiger partial charge in [-0.3, -0.25) is 19.2 Å². The zero-order valence-corrected chi connectivity index (χ0v) is 37.3. The molecule has 0 rings (SSSR count). The summed E-state index contributed by atoms with van der Waals surface area (Å²) in [4.78, 5) is 50.0. The van der Waals surface area contributed by atoms with E-state index in [-0.39, 0.29) is 43.8 Å². The smallest absolute Gasteiger partial charge is 0.306 e. The van der Waals surface area contributed by atoms with Crippen LogP contribution >= 0.6 is 0 Å². The van der Waals surface area contributed by atoms with Crippen molar-refractivity contribution in [3.63, 3.8) is 0 Å². The Morgan fingerprint density at radius 2 is 0.825 bits per heavy atom. The summed E-state index contributed by atoms with van der Waals surface area (Å²) in [7, 11) is 0. The lowest BCUT2D eigenvalue weighted by Crippen LogP contribution is -2.31. The van der Waals surface area contributed by atoms with E-state index in [1.54, 1.807) is 0 Å². The quantitative estimate of drug-likeness (QED) is 0.0263. The first-order chi connectivity index (χ1) is 27.8. The van der Waals surface area contributed by atoms with E-state index in [1.165, 1.54) is 51.4 Å². The summed E-state index contributed by atoms with van der Waals surface area (Å²) < 4.78 is 16.5. The number of unbranched alkanes of at least 4 members (excludes halogenated alkanes) is 17. The average Bonchev–Trinajstić information content (AvgIpc) is 3.19. The molecule has 57 heavy (non-hydrogen) atoms. The van der Waals surface area contributed by atoms with Gasteiger partial charge in [-0.15, -0.1) is 0 Å². The van der Waals surface area contributed by atoms with Crippen molar-refractivity contribution < 1.29 is 33.4 Å². The Morgan fingerprint density at radius 1 is 0.421 bits per heavy atom. The molecule has 0 aliphatic carbocycles. The maximum atomic E-state index is 12.7. The molecule has 328 valence electrons. The van der Waals surface area contributed by atoms with Gasteiger partial charge in [0.05, 0.1) is 6.42 Å². The first-order valence-corrected chi connectivity index (χ1v) is 23.4. The van der Waals surface area contributed by atoms with Crippen LogP contribution in [0, 0.1) is 5.92 Å². The molecule has 0 aliphatic heterocycles. The second kappa shape index (κ2) is 42.6. The first kappa shape index (κ1) is 54.0. The van der Waals surface area contributed by atoms with E-state index in [0.29, 0.717) is 25.2 Å². The second-order valence-corrected chi connectivity index (χ2v) is 16.1. The summed E-state index contributed by atoms with van der Waals surface area (Å²) in [5.41, 5.74) is 0. The van der Waals surface area contributed by atoms with Crippen molar-refractivity contribution in [1.82, 2.24) is 0 Å². The number of ketones is 1. The van der Waals surface area contributed by atoms with Gasteiger partial charge >= 0.3 is 17.9 Å². The molecule has 0 saturated carbocycles. The zero-order valence-electron chi connectivity index (χ0n) is 37.3. The minimum absolute atomic E-state index is 0.0416. The number of rotatable bonds is 41. The van der Waals surface area contributed by atoms with E-state index >= 15 is 0 Å². The summed E-state index contributed by atoms with van der Waals surface area (Å²) in [6, 6.07) is 0. The third-order valence-corrected chi connectivity index (χ3v) is 9.92. The molecule has 0 unspecified atom stereocenters. The number of ether oxygens (including phenoxy) is 3. The van der Waals surface area contributed by atoms with E-state index in [0.717, 1.165) is 109 Å². The summed E-state index contributed by atoms with van der Waals surface area (Å²) in [6.45, 7) is 8.44. The van der Waals surface area contributed by atoms with Crippen LogP contribution in [-0.2, 0) is 33.4 Å². The Balaban J connectivity index is 4.44. The summed E-state index contributed by atoms with van der Waals surface area (Å²) in [5, 5.41) is 0. The number of carbonyl (C=O) groups excluding carboxylic acids is 4. The van der Waals surface area contributed by atoms with Crippen LogP contribution < -0.4 is 0 Å². The van der Waals surface area contributed by atoms with Gasteiger partial charge in [0.15, 0.2) is 6.10 Å². The number of hydrogen-bond donors (Lipinski definition) is 0. The molecule has 0 aromatic carbocycles. The van der Waals surface area contributed by atoms with Crippen molar-refractivity contribution in [2.75, 3.05) is 13.2 Å². The van der Waals surface area contributed by atoms with E-state index in [9.17, 15) is 19.2 Å². The van der Waals surface area contributed by atoms with E-state index in [4.69, 9.17) is 14.2 Å². The molecule has 0 N–H and O–H groups in total. The predicted molar refractivity (Wildman–Crippen MR) is 238 cm³/mol. The van der Waals surface area contributed by atoms with Crippen LogP contribution in [0.25, 0.3) is 0 Å². The fraction of sp³-hybridized carbons (Fsp3) is 0.760. The highest BCUT2D eigenvalue weighted by molar-refractivity contribution is 5.83. The number of carbonyl (C=O) groups is 4. The van der Waals surface area contributed by atoms with Crippen LogP contribution in [0.4, 0.5) is 0 Å². The largest absolute Gasteiger partial charge is 0.462 e. The Hall–Kier alpha value is -2.96. The summed E-state index contributed by atoms with van der Waals surface area (Å²) >= 11 is 0. The zero-order chi connectivity index (χ0) is 41.9. The summed E-state index contributed by atoms with van der Waals surface area (Å²) in [6.07, 6.45) is 45.5. The van der Waals surface area contributed by atoms with Crippen LogP contribution in [0.1, 0.15) is 220 Å². The van der Waals surface area contributed by atoms with Gasteiger partial charge in [-0.2, -0.15) is 0 Å². The number of Topliss-reactive ketones (excluding diaryl/α,β-unsaturated/α-hetero) is 1. The van der Waals surface area contributed by atoms with E-state index in [2.05, 4.69) is 76.3 Å². The van der Waals surface area contributed by atoms with Crippen LogP contribution in [0.15, 0.2) is 48.6 Å². The van der Waals surface area contributed by atoms with Gasteiger partial charge < -0.3 is 14.2 Å². The highest BCUT2D eigenvalue weighted by atomic mass is 16.6. The van der Waals surface area contributed by atoms with Crippen molar-refractivity contribution in [2.24, 2.45) is 5.92 Å². The van der Waals surface area contributed by atoms with Crippen LogP contribution in [0.5, 0.6) is 0 Å². The minimum Gasteiger partial charge on any atom is -0.462 e. The number of esters is 3. The molecule has 0 spiro atoms. The third kappa shape index (κ3) is 42.5. The van der Waals surface area contributed by atoms with Gasteiger partial charge in [-0.25, -0.2) is 0 Å². The van der Waals surface area contributed by atoms with Gasteiger partial charge in [-0.05, 0) is 89.4 Å². The van der Waals surface area contributed by atoms with Gasteiger partial charge in [0.25, 0.3) is 0 Å². The highest BCUT2D eigenvalue weighted by Crippen LogP contribution is 2.13. The van der Waals surface area contributed by atoms with Gasteiger partial charge in [0.2, 0.25) is 0 Å². The highest BCUT2D eigenvalue weighted by Gasteiger charge is 2.20. The maximum absolute atomic E-state index is 12.7. The SMILES string of the molecule is CCCCC/C=C\C/C=C\CCCCCCCC(=O)OCC(COC(=O)CCCCCCC/C=C\C/C=C\CCCCC)OC(=O)CCC(=O)CCCCC(C)C. The van der Waals surface area contributed by atoms with Crippen molar-refractivity contribution >= 4 is 23.7 Å². The molecular weight excluding hydrogens is 713 g/mol. The Morgan fingerprint density at radius 3 is 1.26 bits per heavy atom. The van der Waals surface area contributed by atoms with Gasteiger partial charge in [0, 0.05) is 25.7 Å². The molecule has 0 aliphatic rings. The average molecular weight is 799 g/mol. The molecular formula is C50H86O7. The molecule has 0 saturated heterocycles. The minimum atomic E-state index is -0.902. The number of hydrogen-bond acceptors (Lipinski definition) is 7. The monoisotopic (exact) mass is 799 g/mol. The van der Waals surface area contributed by atoms with Gasteiger partial charge in [-0.1, -0.05) is 153 Å². The molecule has 7 heteroatoms. The fourth-order valence-corrected chi connectivity index (χ4v) is 6.28. The predicted octanol–water partition coefficient (Wildman–Crippen LogP) is 14.2. The molecule has 0 heterocycles. The molecule has 0 bridgehead atoms. The molecule has 0 fully saturated rings. The molecule has 0 radical (unpaired) electrons. The normalized spacial score (nSPS) is 12.0. The molecule has 7 nitrogen and oxygen atoms in total. The maximum Gasteiger partial charge on any atom is 0.306 e. The van der Waals surface area contributed by atoms with E-state index < -0.39 is 12.1 Å². The van der Waals surface area contributed by atoms with Crippen molar-refractivity contribution in [3.05, 3.63) is 48.6 Å². The molecule has 0 aromatic heterocycles. The lowest BCUT2D eigenvalue weighted by Gasteiger charge is -2.18. The van der Waals surface area contributed by atoms with Crippen LogP contribution in [-0.4, -0.2) is 43.0 Å². The standard InChI is InChI=1S/C50H86O7/c1-5-7-9-11-13-15-17-19-21-23-25-27-29-31-33-39-48(52)55-43-47(57-50(54)42-41-46(51)38-36-35-37-45(3)4)44-56-49(53)40-34-32-30-28-26-24-22-20-18-16-14-12-10-8-6-2/h13-16,19-22,45,47H,5-12,17-18,23-44H2,1-4H3/b15-13-,16-14-,21-19-,22-20-. The topological polar surface area (TPSA) is 96.0 Å². The second-order valence-electron chi connectivity index (χ2n) is 16.1. The Labute approximate surface area is 350 Å². The molecule has 0 amide bonds. The van der Waals surface area contributed by atoms with Crippen LogP contribution in [0.3, 0.4) is 0 Å². The molecule has 0 atom stereocenters. The lowest BCUT2D eigenvalue weighted by atomic mass is 10.0. The first-order valence-electron chi connectivity index (χ1n) is 23.4. The van der Waals surface area contributed by atoms with Crippen molar-refractivity contribution in [2.45, 2.75) is 226 Å². The van der Waals surface area contributed by atoms with E-state index in [1.807, 2.05) is 0 Å². The number of allylic oxidation sites excluding steroid dienone is 8. The lowest BCUT2D eigenvalue weighted by molar-refractivity contribution is -0.167. The van der Waals surface area contributed by atoms with Crippen molar-refractivity contribution in [1.29, 1.82) is 0 Å². The van der Waals surface area contributed by atoms with Crippen LogP contribution in [0.2, 0.25) is 0 Å². The summed E-state index contributed by atoms with van der Waals surface area (Å²) in [5.74, 6) is -0.606. The van der Waals surface area contributed by atoms with Gasteiger partial charge in [0.1, 0.15) is 19.0 Å². The van der Waals surface area contributed by atoms with Crippen molar-refractivity contribution in [3.8, 4) is 0 Å². The Bertz CT molecular complexity index is 1020.